The molecule has 0 heterocycles. The van der Waals surface area contributed by atoms with E-state index in [1.165, 1.54) is 0 Å². The highest BCUT2D eigenvalue weighted by molar-refractivity contribution is 9.10. The van der Waals surface area contributed by atoms with Gasteiger partial charge in [0.05, 0.1) is 5.56 Å². The fraction of sp³-hybridized carbons (Fsp3) is 0.385. The minimum absolute atomic E-state index is 0.274. The van der Waals surface area contributed by atoms with Crippen molar-refractivity contribution in [1.29, 1.82) is 0 Å². The van der Waals surface area contributed by atoms with Gasteiger partial charge >= 0.3 is 5.97 Å². The molecule has 4 N–H and O–H groups in total. The molecule has 0 unspecified atom stereocenters. The summed E-state index contributed by atoms with van der Waals surface area (Å²) in [6, 6.07) is 4.85. The number of anilines is 1. The number of carbonyl (C=O) groups is 2. The number of carboxylic acid groups (broad SMARTS) is 1. The average Bonchev–Trinajstić information content (AvgIpc) is 2.35. The molecule has 0 fully saturated rings. The summed E-state index contributed by atoms with van der Waals surface area (Å²) in [4.78, 5) is 23.5. The van der Waals surface area contributed by atoms with Gasteiger partial charge in [0.1, 0.15) is 5.54 Å². The van der Waals surface area contributed by atoms with Crippen LogP contribution < -0.4 is 11.1 Å². The lowest BCUT2D eigenvalue weighted by Crippen LogP contribution is -2.53. The molecule has 1 aromatic carbocycles. The van der Waals surface area contributed by atoms with E-state index in [2.05, 4.69) is 21.2 Å². The van der Waals surface area contributed by atoms with Crippen molar-refractivity contribution >= 4 is 33.5 Å². The van der Waals surface area contributed by atoms with Crippen molar-refractivity contribution in [2.75, 3.05) is 5.73 Å². The molecule has 0 radical (unpaired) electrons. The molecule has 1 aromatic rings. The molecule has 19 heavy (non-hydrogen) atoms. The summed E-state index contributed by atoms with van der Waals surface area (Å²) in [6.07, 6.45) is 0.613. The van der Waals surface area contributed by atoms with E-state index in [1.54, 1.807) is 32.0 Å². The van der Waals surface area contributed by atoms with Crippen molar-refractivity contribution < 1.29 is 14.7 Å². The monoisotopic (exact) mass is 328 g/mol. The fourth-order valence-corrected chi connectivity index (χ4v) is 2.19. The van der Waals surface area contributed by atoms with Gasteiger partial charge < -0.3 is 16.2 Å². The van der Waals surface area contributed by atoms with E-state index in [9.17, 15) is 14.7 Å². The first-order valence-electron chi connectivity index (χ1n) is 5.97. The zero-order chi connectivity index (χ0) is 14.6. The Labute approximate surface area is 120 Å². The normalized spacial score (nSPS) is 11.1. The maximum Gasteiger partial charge on any atom is 0.329 e. The summed E-state index contributed by atoms with van der Waals surface area (Å²) in [5.74, 6) is -1.52. The summed E-state index contributed by atoms with van der Waals surface area (Å²) in [5.41, 5.74) is 5.09. The Kier molecular flexibility index (Phi) is 4.94. The first-order chi connectivity index (χ1) is 8.86. The second-order valence-electron chi connectivity index (χ2n) is 4.28. The molecule has 0 saturated carbocycles. The van der Waals surface area contributed by atoms with Crippen LogP contribution in [-0.4, -0.2) is 22.5 Å². The fourth-order valence-electron chi connectivity index (χ4n) is 1.81. The molecule has 0 atom stereocenters. The molecule has 0 saturated heterocycles. The van der Waals surface area contributed by atoms with Gasteiger partial charge in [-0.25, -0.2) is 4.79 Å². The predicted molar refractivity (Wildman–Crippen MR) is 77.0 cm³/mol. The first-order valence-corrected chi connectivity index (χ1v) is 6.76. The zero-order valence-corrected chi connectivity index (χ0v) is 12.5. The summed E-state index contributed by atoms with van der Waals surface area (Å²) >= 11 is 3.25. The van der Waals surface area contributed by atoms with Gasteiger partial charge in [0.25, 0.3) is 5.91 Å². The van der Waals surface area contributed by atoms with Gasteiger partial charge in [-0.15, -0.1) is 0 Å². The Morgan fingerprint density at radius 1 is 1.37 bits per heavy atom. The summed E-state index contributed by atoms with van der Waals surface area (Å²) < 4.78 is 0.761. The summed E-state index contributed by atoms with van der Waals surface area (Å²) in [7, 11) is 0. The van der Waals surface area contributed by atoms with E-state index in [0.717, 1.165) is 4.47 Å². The molecule has 0 aromatic heterocycles. The van der Waals surface area contributed by atoms with E-state index in [0.29, 0.717) is 18.5 Å². The van der Waals surface area contributed by atoms with E-state index >= 15 is 0 Å². The highest BCUT2D eigenvalue weighted by Crippen LogP contribution is 2.21. The van der Waals surface area contributed by atoms with Crippen LogP contribution in [-0.2, 0) is 4.79 Å². The number of nitrogen functional groups attached to an aromatic ring is 1. The van der Waals surface area contributed by atoms with Gasteiger partial charge in [0.2, 0.25) is 0 Å². The molecule has 0 spiro atoms. The van der Waals surface area contributed by atoms with Crippen LogP contribution in [0.5, 0.6) is 0 Å². The first kappa shape index (κ1) is 15.5. The van der Waals surface area contributed by atoms with Gasteiger partial charge in [0, 0.05) is 10.2 Å². The van der Waals surface area contributed by atoms with Crippen LogP contribution in [0.4, 0.5) is 5.69 Å². The highest BCUT2D eigenvalue weighted by Gasteiger charge is 2.36. The summed E-state index contributed by atoms with van der Waals surface area (Å²) in [5, 5.41) is 11.9. The lowest BCUT2D eigenvalue weighted by atomic mass is 9.92. The average molecular weight is 329 g/mol. The van der Waals surface area contributed by atoms with Crippen LogP contribution in [0, 0.1) is 0 Å². The van der Waals surface area contributed by atoms with Crippen molar-refractivity contribution in [2.24, 2.45) is 0 Å². The molecular weight excluding hydrogens is 312 g/mol. The predicted octanol–water partition coefficient (Wildman–Crippen LogP) is 2.40. The van der Waals surface area contributed by atoms with Crippen molar-refractivity contribution in [2.45, 2.75) is 32.2 Å². The third-order valence-electron chi connectivity index (χ3n) is 3.23. The van der Waals surface area contributed by atoms with E-state index in [-0.39, 0.29) is 5.56 Å². The molecule has 6 heteroatoms. The second-order valence-corrected chi connectivity index (χ2v) is 5.20. The molecule has 1 rings (SSSR count). The third-order valence-corrected chi connectivity index (χ3v) is 3.72. The SMILES string of the molecule is CCC(CC)(NC(=O)c1ccc(Br)cc1N)C(=O)O. The van der Waals surface area contributed by atoms with Crippen molar-refractivity contribution in [3.8, 4) is 0 Å². The molecule has 0 aliphatic carbocycles. The number of nitrogens with one attached hydrogen (secondary N) is 1. The number of carboxylic acids is 1. The van der Waals surface area contributed by atoms with Gasteiger partial charge in [0.15, 0.2) is 0 Å². The van der Waals surface area contributed by atoms with E-state index < -0.39 is 17.4 Å². The Morgan fingerprint density at radius 3 is 2.37 bits per heavy atom. The van der Waals surface area contributed by atoms with Crippen LogP contribution in [0.1, 0.15) is 37.0 Å². The molecule has 0 aliphatic heterocycles. The molecular formula is C13H17BrN2O3. The number of hydrogen-bond donors (Lipinski definition) is 3. The van der Waals surface area contributed by atoms with Crippen molar-refractivity contribution in [3.05, 3.63) is 28.2 Å². The van der Waals surface area contributed by atoms with Gasteiger partial charge in [-0.1, -0.05) is 29.8 Å². The largest absolute Gasteiger partial charge is 0.480 e. The van der Waals surface area contributed by atoms with Crippen LogP contribution in [0.15, 0.2) is 22.7 Å². The van der Waals surface area contributed by atoms with E-state index in [1.807, 2.05) is 0 Å². The topological polar surface area (TPSA) is 92.4 Å². The molecule has 5 nitrogen and oxygen atoms in total. The van der Waals surface area contributed by atoms with E-state index in [4.69, 9.17) is 5.73 Å². The minimum atomic E-state index is -1.25. The Morgan fingerprint density at radius 2 is 1.95 bits per heavy atom. The number of amides is 1. The quantitative estimate of drug-likeness (QED) is 0.723. The minimum Gasteiger partial charge on any atom is -0.480 e. The molecule has 0 aliphatic rings. The van der Waals surface area contributed by atoms with Gasteiger partial charge in [-0.2, -0.15) is 0 Å². The van der Waals surface area contributed by atoms with Crippen LogP contribution in [0.25, 0.3) is 0 Å². The van der Waals surface area contributed by atoms with Crippen LogP contribution >= 0.6 is 15.9 Å². The molecule has 1 amide bonds. The standard InChI is InChI=1S/C13H17BrN2O3/c1-3-13(4-2,12(18)19)16-11(17)9-6-5-8(14)7-10(9)15/h5-7H,3-4,15H2,1-2H3,(H,16,17)(H,18,19). The number of carbonyl (C=O) groups excluding carboxylic acids is 1. The zero-order valence-electron chi connectivity index (χ0n) is 10.9. The number of halogens is 1. The van der Waals surface area contributed by atoms with Gasteiger partial charge in [-0.05, 0) is 31.0 Å². The lowest BCUT2D eigenvalue weighted by molar-refractivity contribution is -0.144. The maximum atomic E-state index is 12.1. The highest BCUT2D eigenvalue weighted by atomic mass is 79.9. The number of nitrogens with two attached hydrogens (primary N) is 1. The smallest absolute Gasteiger partial charge is 0.329 e. The Hall–Kier alpha value is -1.56. The molecule has 0 bridgehead atoms. The van der Waals surface area contributed by atoms with Crippen molar-refractivity contribution in [1.82, 2.24) is 5.32 Å². The van der Waals surface area contributed by atoms with Crippen molar-refractivity contribution in [3.63, 3.8) is 0 Å². The number of benzene rings is 1. The Bertz CT molecular complexity index is 499. The summed E-state index contributed by atoms with van der Waals surface area (Å²) in [6.45, 7) is 3.45. The number of rotatable bonds is 5. The second kappa shape index (κ2) is 6.06. The van der Waals surface area contributed by atoms with Gasteiger partial charge in [-0.3, -0.25) is 4.79 Å². The third kappa shape index (κ3) is 3.26. The Balaban J connectivity index is 3.04. The maximum absolute atomic E-state index is 12.1. The van der Waals surface area contributed by atoms with Crippen LogP contribution in [0.2, 0.25) is 0 Å². The number of hydrogen-bond acceptors (Lipinski definition) is 3. The number of aliphatic carboxylic acids is 1. The molecule has 104 valence electrons. The van der Waals surface area contributed by atoms with Crippen LogP contribution in [0.3, 0.4) is 0 Å². The lowest BCUT2D eigenvalue weighted by Gasteiger charge is -2.28.